The second-order valence-electron chi connectivity index (χ2n) is 9.17. The van der Waals surface area contributed by atoms with Gasteiger partial charge >= 0.3 is 0 Å². The SMILES string of the molecule is Cc1ccc(C)n1-c1nsc2c(N3CCC(NC(=O)c4c(Cl)cc(-n5cnnc5)cc4Cl)C3)cccc12. The van der Waals surface area contributed by atoms with Crippen LogP contribution in [0.4, 0.5) is 5.69 Å². The number of halogens is 2. The van der Waals surface area contributed by atoms with Gasteiger partial charge in [0.05, 0.1) is 31.7 Å². The van der Waals surface area contributed by atoms with Gasteiger partial charge in [0.1, 0.15) is 12.7 Å². The Morgan fingerprint density at radius 2 is 1.76 bits per heavy atom. The summed E-state index contributed by atoms with van der Waals surface area (Å²) in [6.07, 6.45) is 3.91. The number of aryl methyl sites for hydroxylation is 2. The molecule has 5 aromatic rings. The van der Waals surface area contributed by atoms with E-state index in [-0.39, 0.29) is 27.6 Å². The Bertz CT molecular complexity index is 1580. The standard InChI is InChI=1S/C26H23Cl2N7OS/c1-15-6-7-16(2)35(15)25-19-4-3-5-22(24(19)37-32-25)33-9-8-17(12-33)31-26(36)23-20(27)10-18(11-21(23)28)34-13-29-30-14-34/h3-7,10-11,13-14,17H,8-9,12H2,1-2H3,(H,31,36). The number of hydrogen-bond acceptors (Lipinski definition) is 6. The summed E-state index contributed by atoms with van der Waals surface area (Å²) in [6, 6.07) is 13.9. The maximum Gasteiger partial charge on any atom is 0.254 e. The van der Waals surface area contributed by atoms with E-state index in [4.69, 9.17) is 27.6 Å². The van der Waals surface area contributed by atoms with E-state index in [1.165, 1.54) is 11.5 Å². The average Bonchev–Trinajstić information content (AvgIpc) is 3.66. The molecular formula is C26H23Cl2N7OS. The molecule has 2 aromatic carbocycles. The monoisotopic (exact) mass is 551 g/mol. The van der Waals surface area contributed by atoms with E-state index in [2.05, 4.69) is 69.2 Å². The third kappa shape index (κ3) is 4.27. The lowest BCUT2D eigenvalue weighted by Gasteiger charge is -2.20. The topological polar surface area (TPSA) is 80.9 Å². The highest BCUT2D eigenvalue weighted by molar-refractivity contribution is 7.14. The molecule has 1 unspecified atom stereocenters. The van der Waals surface area contributed by atoms with Crippen LogP contribution in [0.5, 0.6) is 0 Å². The molecule has 0 bridgehead atoms. The molecule has 0 aliphatic carbocycles. The number of hydrogen-bond donors (Lipinski definition) is 1. The van der Waals surface area contributed by atoms with E-state index < -0.39 is 0 Å². The first-order valence-corrected chi connectivity index (χ1v) is 13.4. The highest BCUT2D eigenvalue weighted by atomic mass is 35.5. The molecule has 6 rings (SSSR count). The summed E-state index contributed by atoms with van der Waals surface area (Å²) in [6.45, 7) is 5.70. The first-order valence-electron chi connectivity index (χ1n) is 11.8. The number of aromatic nitrogens is 5. The van der Waals surface area contributed by atoms with Gasteiger partial charge < -0.3 is 14.8 Å². The molecule has 1 aliphatic rings. The van der Waals surface area contributed by atoms with Crippen molar-refractivity contribution in [2.75, 3.05) is 18.0 Å². The van der Waals surface area contributed by atoms with Gasteiger partial charge in [-0.25, -0.2) is 0 Å². The summed E-state index contributed by atoms with van der Waals surface area (Å²) >= 11 is 14.5. The average molecular weight is 552 g/mol. The lowest BCUT2D eigenvalue weighted by atomic mass is 10.1. The van der Waals surface area contributed by atoms with Crippen LogP contribution in [0, 0.1) is 13.8 Å². The zero-order chi connectivity index (χ0) is 25.7. The predicted molar refractivity (Wildman–Crippen MR) is 148 cm³/mol. The summed E-state index contributed by atoms with van der Waals surface area (Å²) in [5.74, 6) is 0.680. The van der Waals surface area contributed by atoms with E-state index in [0.29, 0.717) is 12.2 Å². The predicted octanol–water partition coefficient (Wildman–Crippen LogP) is 5.60. The maximum absolute atomic E-state index is 13.2. The van der Waals surface area contributed by atoms with Crippen molar-refractivity contribution in [1.82, 2.24) is 29.0 Å². The maximum atomic E-state index is 13.2. The molecule has 4 heterocycles. The van der Waals surface area contributed by atoms with Crippen molar-refractivity contribution in [2.24, 2.45) is 0 Å². The summed E-state index contributed by atoms with van der Waals surface area (Å²) < 4.78 is 9.83. The molecule has 37 heavy (non-hydrogen) atoms. The molecule has 1 amide bonds. The van der Waals surface area contributed by atoms with Gasteiger partial charge in [0.15, 0.2) is 5.82 Å². The van der Waals surface area contributed by atoms with Crippen LogP contribution in [-0.2, 0) is 0 Å². The van der Waals surface area contributed by atoms with Gasteiger partial charge in [0.25, 0.3) is 5.91 Å². The smallest absolute Gasteiger partial charge is 0.254 e. The Labute approximate surface area is 227 Å². The molecule has 1 saturated heterocycles. The molecule has 3 aromatic heterocycles. The molecule has 1 N–H and O–H groups in total. The van der Waals surface area contributed by atoms with Crippen LogP contribution in [0.15, 0.2) is 55.1 Å². The van der Waals surface area contributed by atoms with Crippen molar-refractivity contribution in [1.29, 1.82) is 0 Å². The van der Waals surface area contributed by atoms with Gasteiger partial charge in [-0.05, 0) is 68.2 Å². The normalized spacial score (nSPS) is 15.6. The third-order valence-electron chi connectivity index (χ3n) is 6.78. The Kier molecular flexibility index (Phi) is 6.14. The Morgan fingerprint density at radius 1 is 1.05 bits per heavy atom. The minimum Gasteiger partial charge on any atom is -0.368 e. The molecule has 0 radical (unpaired) electrons. The van der Waals surface area contributed by atoms with Gasteiger partial charge in [-0.2, -0.15) is 4.37 Å². The van der Waals surface area contributed by atoms with Gasteiger partial charge in [0.2, 0.25) is 0 Å². The second-order valence-corrected chi connectivity index (χ2v) is 10.8. The highest BCUT2D eigenvalue weighted by Crippen LogP contribution is 2.36. The van der Waals surface area contributed by atoms with Crippen LogP contribution in [-0.4, -0.2) is 48.7 Å². The van der Waals surface area contributed by atoms with E-state index in [1.54, 1.807) is 29.4 Å². The lowest BCUT2D eigenvalue weighted by molar-refractivity contribution is 0.0940. The third-order valence-corrected chi connectivity index (χ3v) is 8.25. The van der Waals surface area contributed by atoms with E-state index in [0.717, 1.165) is 45.9 Å². The van der Waals surface area contributed by atoms with Gasteiger partial charge in [-0.3, -0.25) is 9.36 Å². The molecular weight excluding hydrogens is 529 g/mol. The number of benzene rings is 2. The van der Waals surface area contributed by atoms with Crippen LogP contribution in [0.1, 0.15) is 28.2 Å². The second kappa shape index (κ2) is 9.48. The van der Waals surface area contributed by atoms with Crippen molar-refractivity contribution in [2.45, 2.75) is 26.3 Å². The molecule has 0 saturated carbocycles. The van der Waals surface area contributed by atoms with Crippen LogP contribution in [0.25, 0.3) is 21.6 Å². The van der Waals surface area contributed by atoms with Gasteiger partial charge in [-0.15, -0.1) is 10.2 Å². The quantitative estimate of drug-likeness (QED) is 0.307. The van der Waals surface area contributed by atoms with Gasteiger partial charge in [0, 0.05) is 35.9 Å². The van der Waals surface area contributed by atoms with Crippen LogP contribution in [0.2, 0.25) is 10.0 Å². The van der Waals surface area contributed by atoms with Crippen molar-refractivity contribution < 1.29 is 4.79 Å². The fraction of sp³-hybridized carbons (Fsp3) is 0.231. The first-order chi connectivity index (χ1) is 17.9. The van der Waals surface area contributed by atoms with E-state index >= 15 is 0 Å². The minimum atomic E-state index is -0.283. The lowest BCUT2D eigenvalue weighted by Crippen LogP contribution is -2.37. The molecule has 8 nitrogen and oxygen atoms in total. The van der Waals surface area contributed by atoms with Crippen molar-refractivity contribution in [3.05, 3.63) is 82.1 Å². The van der Waals surface area contributed by atoms with Crippen molar-refractivity contribution >= 4 is 56.4 Å². The minimum absolute atomic E-state index is 0.0336. The molecule has 1 aliphatic heterocycles. The molecule has 1 fully saturated rings. The number of anilines is 1. The summed E-state index contributed by atoms with van der Waals surface area (Å²) in [4.78, 5) is 15.5. The zero-order valence-electron chi connectivity index (χ0n) is 20.2. The Morgan fingerprint density at radius 3 is 2.46 bits per heavy atom. The van der Waals surface area contributed by atoms with Crippen molar-refractivity contribution in [3.63, 3.8) is 0 Å². The zero-order valence-corrected chi connectivity index (χ0v) is 22.5. The number of nitrogens with one attached hydrogen (secondary N) is 1. The van der Waals surface area contributed by atoms with Crippen LogP contribution >= 0.6 is 34.7 Å². The Hall–Kier alpha value is -3.40. The number of rotatable bonds is 5. The summed E-state index contributed by atoms with van der Waals surface area (Å²) in [5, 5.41) is 12.4. The van der Waals surface area contributed by atoms with Crippen molar-refractivity contribution in [3.8, 4) is 11.5 Å². The number of carbonyl (C=O) groups excluding carboxylic acids is 1. The highest BCUT2D eigenvalue weighted by Gasteiger charge is 2.28. The summed E-state index contributed by atoms with van der Waals surface area (Å²) in [5.41, 5.74) is 4.41. The Balaban J connectivity index is 1.21. The molecule has 0 spiro atoms. The molecule has 188 valence electrons. The van der Waals surface area contributed by atoms with Crippen LogP contribution in [0.3, 0.4) is 0 Å². The van der Waals surface area contributed by atoms with Crippen LogP contribution < -0.4 is 10.2 Å². The fourth-order valence-corrected chi connectivity index (χ4v) is 6.52. The number of carbonyl (C=O) groups is 1. The summed E-state index contributed by atoms with van der Waals surface area (Å²) in [7, 11) is 0. The number of fused-ring (bicyclic) bond motifs is 1. The fourth-order valence-electron chi connectivity index (χ4n) is 4.96. The van der Waals surface area contributed by atoms with E-state index in [1.807, 2.05) is 0 Å². The van der Waals surface area contributed by atoms with E-state index in [9.17, 15) is 4.79 Å². The first kappa shape index (κ1) is 24.0. The number of nitrogens with zero attached hydrogens (tertiary/aromatic N) is 6. The largest absolute Gasteiger partial charge is 0.368 e. The molecule has 11 heteroatoms. The number of amides is 1. The molecule has 1 atom stereocenters. The van der Waals surface area contributed by atoms with Gasteiger partial charge in [-0.1, -0.05) is 29.3 Å².